The standard InChI is InChI=1S/C19H21N7O3.H2/c1-25(2)18(27)13-5-3-12(4-6-13)14-11-21-16(20)15(22-14)17-23-24-19(29-17)26-7-9-28-10-8-26;/h3-6,11H,7-10H2,1-2H3,(H2,20,21);1H. The minimum atomic E-state index is -0.0675. The van der Waals surface area contributed by atoms with Crippen molar-refractivity contribution in [2.75, 3.05) is 51.0 Å². The smallest absolute Gasteiger partial charge is 0.318 e. The predicted molar refractivity (Wildman–Crippen MR) is 108 cm³/mol. The van der Waals surface area contributed by atoms with E-state index >= 15 is 0 Å². The number of morpholine rings is 1. The molecule has 3 heterocycles. The third-order valence-electron chi connectivity index (χ3n) is 4.53. The van der Waals surface area contributed by atoms with Gasteiger partial charge in [0, 0.05) is 39.7 Å². The summed E-state index contributed by atoms with van der Waals surface area (Å²) in [4.78, 5) is 24.3. The van der Waals surface area contributed by atoms with E-state index in [1.54, 1.807) is 32.4 Å². The van der Waals surface area contributed by atoms with Crippen LogP contribution in [0.3, 0.4) is 0 Å². The number of anilines is 2. The highest BCUT2D eigenvalue weighted by Gasteiger charge is 2.21. The van der Waals surface area contributed by atoms with E-state index in [0.29, 0.717) is 49.3 Å². The maximum absolute atomic E-state index is 12.1. The van der Waals surface area contributed by atoms with Crippen LogP contribution >= 0.6 is 0 Å². The molecule has 0 spiro atoms. The summed E-state index contributed by atoms with van der Waals surface area (Å²) in [7, 11) is 3.42. The van der Waals surface area contributed by atoms with Crippen LogP contribution in [-0.2, 0) is 4.74 Å². The van der Waals surface area contributed by atoms with Crippen LogP contribution in [0.4, 0.5) is 11.8 Å². The average molecular weight is 397 g/mol. The van der Waals surface area contributed by atoms with E-state index < -0.39 is 0 Å². The van der Waals surface area contributed by atoms with Gasteiger partial charge in [0.25, 0.3) is 11.8 Å². The number of carbonyl (C=O) groups excluding carboxylic acids is 1. The maximum atomic E-state index is 12.1. The first-order valence-corrected chi connectivity index (χ1v) is 9.14. The summed E-state index contributed by atoms with van der Waals surface area (Å²) in [6.45, 7) is 2.59. The molecule has 0 saturated carbocycles. The molecule has 1 saturated heterocycles. The number of hydrogen-bond donors (Lipinski definition) is 1. The number of nitrogens with zero attached hydrogens (tertiary/aromatic N) is 6. The lowest BCUT2D eigenvalue weighted by Gasteiger charge is -2.24. The first-order chi connectivity index (χ1) is 14.0. The summed E-state index contributed by atoms with van der Waals surface area (Å²) in [5, 5.41) is 8.18. The summed E-state index contributed by atoms with van der Waals surface area (Å²) < 4.78 is 11.1. The van der Waals surface area contributed by atoms with Crippen molar-refractivity contribution in [3.8, 4) is 22.8 Å². The van der Waals surface area contributed by atoms with Crippen LogP contribution in [0, 0.1) is 0 Å². The number of hydrogen-bond acceptors (Lipinski definition) is 9. The molecule has 152 valence electrons. The van der Waals surface area contributed by atoms with Crippen molar-refractivity contribution in [1.82, 2.24) is 25.1 Å². The van der Waals surface area contributed by atoms with E-state index in [0.717, 1.165) is 5.56 Å². The molecule has 4 rings (SSSR count). The highest BCUT2D eigenvalue weighted by molar-refractivity contribution is 5.94. The number of aromatic nitrogens is 4. The van der Waals surface area contributed by atoms with Crippen LogP contribution in [0.25, 0.3) is 22.8 Å². The van der Waals surface area contributed by atoms with Gasteiger partial charge in [-0.1, -0.05) is 17.2 Å². The molecule has 0 atom stereocenters. The lowest BCUT2D eigenvalue weighted by molar-refractivity contribution is 0.0827. The summed E-state index contributed by atoms with van der Waals surface area (Å²) in [5.41, 5.74) is 8.29. The highest BCUT2D eigenvalue weighted by atomic mass is 16.5. The van der Waals surface area contributed by atoms with E-state index in [1.807, 2.05) is 17.0 Å². The van der Waals surface area contributed by atoms with Crippen molar-refractivity contribution in [3.05, 3.63) is 36.0 Å². The molecule has 0 unspecified atom stereocenters. The Bertz CT molecular complexity index is 1020. The van der Waals surface area contributed by atoms with Gasteiger partial charge in [0.2, 0.25) is 0 Å². The van der Waals surface area contributed by atoms with Gasteiger partial charge < -0.3 is 24.7 Å². The Hall–Kier alpha value is -3.53. The van der Waals surface area contributed by atoms with E-state index in [9.17, 15) is 4.79 Å². The zero-order valence-corrected chi connectivity index (χ0v) is 16.2. The minimum absolute atomic E-state index is 0. The highest BCUT2D eigenvalue weighted by Crippen LogP contribution is 2.27. The molecule has 0 aliphatic carbocycles. The molecular formula is C19H23N7O3. The van der Waals surface area contributed by atoms with E-state index in [1.165, 1.54) is 4.90 Å². The zero-order chi connectivity index (χ0) is 20.4. The number of carbonyl (C=O) groups is 1. The molecule has 1 amide bonds. The monoisotopic (exact) mass is 397 g/mol. The molecule has 0 radical (unpaired) electrons. The van der Waals surface area contributed by atoms with Crippen molar-refractivity contribution < 1.29 is 15.4 Å². The van der Waals surface area contributed by atoms with Gasteiger partial charge in [-0.25, -0.2) is 9.97 Å². The number of ether oxygens (including phenoxy) is 1. The SMILES string of the molecule is CN(C)C(=O)c1ccc(-c2cnc(N)c(-c3nnc(N4CCOCC4)o3)n2)cc1.[HH]. The van der Waals surface area contributed by atoms with Gasteiger partial charge in [-0.2, -0.15) is 0 Å². The van der Waals surface area contributed by atoms with Gasteiger partial charge in [0.15, 0.2) is 11.5 Å². The predicted octanol–water partition coefficient (Wildman–Crippen LogP) is 1.56. The van der Waals surface area contributed by atoms with E-state index in [2.05, 4.69) is 20.2 Å². The Morgan fingerprint density at radius 2 is 1.90 bits per heavy atom. The summed E-state index contributed by atoms with van der Waals surface area (Å²) in [5.74, 6) is 0.338. The lowest BCUT2D eigenvalue weighted by atomic mass is 10.1. The molecule has 2 aromatic heterocycles. The zero-order valence-electron chi connectivity index (χ0n) is 16.2. The fourth-order valence-corrected chi connectivity index (χ4v) is 2.93. The second-order valence-electron chi connectivity index (χ2n) is 6.76. The molecule has 1 aromatic carbocycles. The van der Waals surface area contributed by atoms with Crippen LogP contribution in [-0.4, -0.2) is 71.4 Å². The lowest BCUT2D eigenvalue weighted by Crippen LogP contribution is -2.36. The molecule has 10 nitrogen and oxygen atoms in total. The molecule has 1 aliphatic rings. The molecule has 10 heteroatoms. The minimum Gasteiger partial charge on any atom is -0.401 e. The first-order valence-electron chi connectivity index (χ1n) is 9.14. The Morgan fingerprint density at radius 3 is 2.59 bits per heavy atom. The van der Waals surface area contributed by atoms with Crippen LogP contribution in [0.2, 0.25) is 0 Å². The Morgan fingerprint density at radius 1 is 1.17 bits per heavy atom. The molecule has 1 aliphatic heterocycles. The van der Waals surface area contributed by atoms with Crippen LogP contribution in [0.5, 0.6) is 0 Å². The van der Waals surface area contributed by atoms with Gasteiger partial charge in [0.05, 0.1) is 25.1 Å². The van der Waals surface area contributed by atoms with Gasteiger partial charge >= 0.3 is 6.01 Å². The maximum Gasteiger partial charge on any atom is 0.318 e. The van der Waals surface area contributed by atoms with Crippen LogP contribution in [0.15, 0.2) is 34.9 Å². The fraction of sp³-hybridized carbons (Fsp3) is 0.316. The Balaban J connectivity index is 0.00000256. The summed E-state index contributed by atoms with van der Waals surface area (Å²) in [6, 6.07) is 7.53. The van der Waals surface area contributed by atoms with Gasteiger partial charge in [-0.05, 0) is 12.1 Å². The van der Waals surface area contributed by atoms with Crippen molar-refractivity contribution in [1.29, 1.82) is 0 Å². The normalized spacial score (nSPS) is 14.1. The van der Waals surface area contributed by atoms with Crippen molar-refractivity contribution in [2.45, 2.75) is 0 Å². The molecule has 0 bridgehead atoms. The van der Waals surface area contributed by atoms with E-state index in [4.69, 9.17) is 14.9 Å². The molecule has 29 heavy (non-hydrogen) atoms. The number of nitrogen functional groups attached to an aromatic ring is 1. The van der Waals surface area contributed by atoms with E-state index in [-0.39, 0.29) is 19.0 Å². The molecule has 1 fully saturated rings. The molecule has 3 aromatic rings. The summed E-state index contributed by atoms with van der Waals surface area (Å²) in [6.07, 6.45) is 1.57. The van der Waals surface area contributed by atoms with Gasteiger partial charge in [-0.3, -0.25) is 4.79 Å². The second-order valence-corrected chi connectivity index (χ2v) is 6.76. The van der Waals surface area contributed by atoms with Crippen molar-refractivity contribution in [2.24, 2.45) is 0 Å². The Kier molecular flexibility index (Phi) is 5.09. The molecule has 2 N–H and O–H groups in total. The topological polar surface area (TPSA) is 124 Å². The first kappa shape index (κ1) is 18.8. The quantitative estimate of drug-likeness (QED) is 0.698. The molecular weight excluding hydrogens is 374 g/mol. The number of amides is 1. The average Bonchev–Trinajstić information content (AvgIpc) is 3.24. The number of nitrogens with two attached hydrogens (primary N) is 1. The fourth-order valence-electron chi connectivity index (χ4n) is 2.93. The third kappa shape index (κ3) is 3.87. The number of benzene rings is 1. The third-order valence-corrected chi connectivity index (χ3v) is 4.53. The van der Waals surface area contributed by atoms with Gasteiger partial charge in [-0.15, -0.1) is 5.10 Å². The second kappa shape index (κ2) is 7.84. The van der Waals surface area contributed by atoms with Crippen LogP contribution in [0.1, 0.15) is 11.8 Å². The van der Waals surface area contributed by atoms with Crippen LogP contribution < -0.4 is 10.6 Å². The van der Waals surface area contributed by atoms with Crippen molar-refractivity contribution in [3.63, 3.8) is 0 Å². The number of rotatable bonds is 4. The largest absolute Gasteiger partial charge is 0.401 e. The van der Waals surface area contributed by atoms with Crippen molar-refractivity contribution >= 4 is 17.7 Å². The summed E-state index contributed by atoms with van der Waals surface area (Å²) >= 11 is 0. The van der Waals surface area contributed by atoms with Gasteiger partial charge in [0.1, 0.15) is 0 Å². The Labute approximate surface area is 168 Å².